The first-order valence-electron chi connectivity index (χ1n) is 8.16. The molecule has 0 spiro atoms. The molecule has 0 unspecified atom stereocenters. The number of anilines is 2. The molecule has 5 nitrogen and oxygen atoms in total. The highest BCUT2D eigenvalue weighted by Crippen LogP contribution is 2.21. The van der Waals surface area contributed by atoms with Gasteiger partial charge in [0.05, 0.1) is 11.3 Å². The molecule has 0 aliphatic carbocycles. The number of carbonyl (C=O) groups is 1. The molecular formula is C19H20N4O. The Kier molecular flexibility index (Phi) is 4.76. The number of hydrogen-bond donors (Lipinski definition) is 1. The van der Waals surface area contributed by atoms with E-state index >= 15 is 0 Å². The highest BCUT2D eigenvalue weighted by atomic mass is 16.1. The molecule has 0 bridgehead atoms. The maximum Gasteiger partial charge on any atom is 0.159 e. The molecule has 0 atom stereocenters. The lowest BCUT2D eigenvalue weighted by molar-refractivity contribution is 0.101. The maximum absolute atomic E-state index is 11.5. The first-order valence-corrected chi connectivity index (χ1v) is 8.16. The molecule has 0 amide bonds. The van der Waals surface area contributed by atoms with Gasteiger partial charge in [-0.3, -0.25) is 4.79 Å². The summed E-state index contributed by atoms with van der Waals surface area (Å²) >= 11 is 0. The Balaban J connectivity index is 1.76. The van der Waals surface area contributed by atoms with E-state index < -0.39 is 0 Å². The Morgan fingerprint density at radius 3 is 2.79 bits per heavy atom. The summed E-state index contributed by atoms with van der Waals surface area (Å²) in [5.74, 6) is 0.993. The van der Waals surface area contributed by atoms with Crippen LogP contribution in [0.15, 0.2) is 36.5 Å². The predicted molar refractivity (Wildman–Crippen MR) is 94.2 cm³/mol. The smallest absolute Gasteiger partial charge is 0.159 e. The van der Waals surface area contributed by atoms with Crippen LogP contribution in [0.25, 0.3) is 0 Å². The minimum atomic E-state index is -0.0113. The first-order chi connectivity index (χ1) is 11.7. The van der Waals surface area contributed by atoms with Crippen molar-refractivity contribution in [2.45, 2.75) is 26.3 Å². The van der Waals surface area contributed by atoms with Gasteiger partial charge in [-0.1, -0.05) is 0 Å². The van der Waals surface area contributed by atoms with Crippen LogP contribution >= 0.6 is 0 Å². The number of ketones is 1. The largest absolute Gasteiger partial charge is 0.380 e. The fourth-order valence-corrected chi connectivity index (χ4v) is 2.89. The van der Waals surface area contributed by atoms with Crippen molar-refractivity contribution in [3.63, 3.8) is 0 Å². The van der Waals surface area contributed by atoms with E-state index in [-0.39, 0.29) is 5.78 Å². The minimum absolute atomic E-state index is 0.0113. The van der Waals surface area contributed by atoms with E-state index in [9.17, 15) is 10.1 Å². The quantitative estimate of drug-likeness (QED) is 0.855. The molecule has 1 aliphatic heterocycles. The lowest BCUT2D eigenvalue weighted by Crippen LogP contribution is -2.19. The van der Waals surface area contributed by atoms with Gasteiger partial charge in [-0.05, 0) is 55.7 Å². The van der Waals surface area contributed by atoms with Crippen molar-refractivity contribution >= 4 is 17.3 Å². The highest BCUT2D eigenvalue weighted by molar-refractivity contribution is 5.95. The number of nitrogens with one attached hydrogen (secondary N) is 1. The van der Waals surface area contributed by atoms with E-state index in [1.165, 1.54) is 19.8 Å². The van der Waals surface area contributed by atoms with Crippen LogP contribution in [0, 0.1) is 11.3 Å². The molecule has 1 aromatic heterocycles. The molecule has 1 aliphatic rings. The van der Waals surface area contributed by atoms with Crippen LogP contribution in [0.3, 0.4) is 0 Å². The number of nitriles is 1. The van der Waals surface area contributed by atoms with Crippen molar-refractivity contribution < 1.29 is 4.79 Å². The Morgan fingerprint density at radius 2 is 2.08 bits per heavy atom. The number of benzene rings is 1. The van der Waals surface area contributed by atoms with Gasteiger partial charge in [-0.2, -0.15) is 5.26 Å². The van der Waals surface area contributed by atoms with Gasteiger partial charge in [0.15, 0.2) is 5.78 Å². The molecule has 2 aromatic rings. The Morgan fingerprint density at radius 1 is 1.29 bits per heavy atom. The van der Waals surface area contributed by atoms with E-state index in [4.69, 9.17) is 0 Å². The zero-order valence-electron chi connectivity index (χ0n) is 13.7. The third kappa shape index (κ3) is 3.54. The molecule has 1 saturated heterocycles. The van der Waals surface area contributed by atoms with Gasteiger partial charge < -0.3 is 10.2 Å². The average molecular weight is 320 g/mol. The van der Waals surface area contributed by atoms with Gasteiger partial charge in [-0.25, -0.2) is 4.98 Å². The van der Waals surface area contributed by atoms with Crippen molar-refractivity contribution in [2.75, 3.05) is 23.3 Å². The topological polar surface area (TPSA) is 69.0 Å². The monoisotopic (exact) mass is 320 g/mol. The normalized spacial score (nSPS) is 13.6. The molecular weight excluding hydrogens is 300 g/mol. The molecule has 0 saturated carbocycles. The average Bonchev–Trinajstić information content (AvgIpc) is 3.14. The minimum Gasteiger partial charge on any atom is -0.380 e. The number of nitrogens with zero attached hydrogens (tertiary/aromatic N) is 3. The SMILES string of the molecule is CC(=O)c1ccc(C#N)c(NCc2ccnc(N3CCCC3)c2)c1. The van der Waals surface area contributed by atoms with Crippen molar-refractivity contribution in [1.29, 1.82) is 5.26 Å². The van der Waals surface area contributed by atoms with Crippen LogP contribution in [0.5, 0.6) is 0 Å². The summed E-state index contributed by atoms with van der Waals surface area (Å²) in [4.78, 5) is 18.3. The number of hydrogen-bond acceptors (Lipinski definition) is 5. The molecule has 1 fully saturated rings. The third-order valence-corrected chi connectivity index (χ3v) is 4.27. The summed E-state index contributed by atoms with van der Waals surface area (Å²) in [5, 5.41) is 12.5. The van der Waals surface area contributed by atoms with E-state index in [1.807, 2.05) is 12.3 Å². The second kappa shape index (κ2) is 7.14. The lowest BCUT2D eigenvalue weighted by atomic mass is 10.1. The van der Waals surface area contributed by atoms with Crippen LogP contribution in [0.2, 0.25) is 0 Å². The van der Waals surface area contributed by atoms with Gasteiger partial charge in [-0.15, -0.1) is 0 Å². The Labute approximate surface area is 141 Å². The standard InChI is InChI=1S/C19H20N4O/c1-14(24)16-4-5-17(12-20)18(11-16)22-13-15-6-7-21-19(10-15)23-8-2-3-9-23/h4-7,10-11,22H,2-3,8-9,13H2,1H3. The van der Waals surface area contributed by atoms with Crippen LogP contribution < -0.4 is 10.2 Å². The Hall–Kier alpha value is -2.87. The number of Topliss-reactive ketones (excluding diaryl/α,β-unsaturated/α-hetero) is 1. The Bertz CT molecular complexity index is 788. The first kappa shape index (κ1) is 16.0. The molecule has 2 heterocycles. The van der Waals surface area contributed by atoms with E-state index in [0.717, 1.165) is 24.5 Å². The van der Waals surface area contributed by atoms with Crippen LogP contribution in [0.4, 0.5) is 11.5 Å². The molecule has 1 aromatic carbocycles. The van der Waals surface area contributed by atoms with Gasteiger partial charge >= 0.3 is 0 Å². The zero-order chi connectivity index (χ0) is 16.9. The summed E-state index contributed by atoms with van der Waals surface area (Å²) in [6.07, 6.45) is 4.25. The van der Waals surface area contributed by atoms with Gasteiger partial charge in [0.2, 0.25) is 0 Å². The van der Waals surface area contributed by atoms with Gasteiger partial charge in [0.25, 0.3) is 0 Å². The summed E-state index contributed by atoms with van der Waals surface area (Å²) in [5.41, 5.74) is 2.92. The van der Waals surface area contributed by atoms with Gasteiger partial charge in [0.1, 0.15) is 11.9 Å². The zero-order valence-corrected chi connectivity index (χ0v) is 13.7. The molecule has 122 valence electrons. The fourth-order valence-electron chi connectivity index (χ4n) is 2.89. The molecule has 24 heavy (non-hydrogen) atoms. The van der Waals surface area contributed by atoms with Crippen LogP contribution in [-0.2, 0) is 6.54 Å². The van der Waals surface area contributed by atoms with Crippen LogP contribution in [0.1, 0.15) is 41.3 Å². The van der Waals surface area contributed by atoms with Crippen molar-refractivity contribution in [3.8, 4) is 6.07 Å². The number of carbonyl (C=O) groups excluding carboxylic acids is 1. The molecule has 5 heteroatoms. The molecule has 3 rings (SSSR count). The number of pyridine rings is 1. The van der Waals surface area contributed by atoms with Crippen molar-refractivity contribution in [1.82, 2.24) is 4.98 Å². The summed E-state index contributed by atoms with van der Waals surface area (Å²) in [7, 11) is 0. The summed E-state index contributed by atoms with van der Waals surface area (Å²) < 4.78 is 0. The van der Waals surface area contributed by atoms with E-state index in [2.05, 4.69) is 27.3 Å². The van der Waals surface area contributed by atoms with Crippen molar-refractivity contribution in [2.24, 2.45) is 0 Å². The second-order valence-electron chi connectivity index (χ2n) is 6.00. The number of rotatable bonds is 5. The van der Waals surface area contributed by atoms with E-state index in [1.54, 1.807) is 18.2 Å². The maximum atomic E-state index is 11.5. The molecule has 0 radical (unpaired) electrons. The van der Waals surface area contributed by atoms with E-state index in [0.29, 0.717) is 23.4 Å². The van der Waals surface area contributed by atoms with Crippen molar-refractivity contribution in [3.05, 3.63) is 53.2 Å². The molecule has 1 N–H and O–H groups in total. The second-order valence-corrected chi connectivity index (χ2v) is 6.00. The summed E-state index contributed by atoms with van der Waals surface area (Å²) in [6.45, 7) is 4.22. The highest BCUT2D eigenvalue weighted by Gasteiger charge is 2.13. The lowest BCUT2D eigenvalue weighted by Gasteiger charge is -2.17. The summed E-state index contributed by atoms with van der Waals surface area (Å²) in [6, 6.07) is 11.3. The predicted octanol–water partition coefficient (Wildman–Crippen LogP) is 3.37. The van der Waals surface area contributed by atoms with Crippen LogP contribution in [-0.4, -0.2) is 23.9 Å². The third-order valence-electron chi connectivity index (χ3n) is 4.27. The van der Waals surface area contributed by atoms with Gasteiger partial charge in [0, 0.05) is 31.4 Å². The number of aromatic nitrogens is 1. The fraction of sp³-hybridized carbons (Fsp3) is 0.316.